The van der Waals surface area contributed by atoms with Crippen molar-refractivity contribution < 1.29 is 9.59 Å². The Morgan fingerprint density at radius 3 is 1.93 bits per heavy atom. The first-order valence-corrected chi connectivity index (χ1v) is 9.26. The van der Waals surface area contributed by atoms with E-state index in [1.807, 2.05) is 78.9 Å². The second kappa shape index (κ2) is 7.94. The molecule has 1 heterocycles. The van der Waals surface area contributed by atoms with Gasteiger partial charge in [-0.3, -0.25) is 9.59 Å². The molecule has 4 aromatic rings. The Kier molecular flexibility index (Phi) is 5.03. The number of benzene rings is 3. The highest BCUT2D eigenvalue weighted by molar-refractivity contribution is 6.13. The number of hydrogen-bond acceptors (Lipinski definition) is 3. The molecule has 3 aromatic carbocycles. The van der Waals surface area contributed by atoms with Crippen LogP contribution in [0.4, 0.5) is 5.69 Å². The molecule has 0 spiro atoms. The molecule has 0 aliphatic heterocycles. The van der Waals surface area contributed by atoms with E-state index in [0.717, 1.165) is 11.3 Å². The van der Waals surface area contributed by atoms with E-state index in [9.17, 15) is 9.59 Å². The number of ketones is 1. The predicted octanol–water partition coefficient (Wildman–Crippen LogP) is 4.99. The van der Waals surface area contributed by atoms with Gasteiger partial charge in [-0.2, -0.15) is 5.10 Å². The highest BCUT2D eigenvalue weighted by Gasteiger charge is 2.27. The first kappa shape index (κ1) is 18.4. The number of rotatable bonds is 5. The lowest BCUT2D eigenvalue weighted by Crippen LogP contribution is -2.16. The fourth-order valence-corrected chi connectivity index (χ4v) is 3.24. The van der Waals surface area contributed by atoms with Crippen LogP contribution < -0.4 is 5.32 Å². The summed E-state index contributed by atoms with van der Waals surface area (Å²) in [5.41, 5.74) is 3.23. The first-order valence-electron chi connectivity index (χ1n) is 9.26. The third-order valence-electron chi connectivity index (χ3n) is 4.53. The van der Waals surface area contributed by atoms with Crippen molar-refractivity contribution in [3.8, 4) is 16.9 Å². The largest absolute Gasteiger partial charge is 0.321 e. The minimum absolute atomic E-state index is 0.101. The van der Waals surface area contributed by atoms with Gasteiger partial charge >= 0.3 is 0 Å². The van der Waals surface area contributed by atoms with Crippen LogP contribution in [-0.2, 0) is 0 Å². The second-order valence-corrected chi connectivity index (χ2v) is 6.56. The zero-order valence-electron chi connectivity index (χ0n) is 15.9. The summed E-state index contributed by atoms with van der Waals surface area (Å²) in [7, 11) is 0. The second-order valence-electron chi connectivity index (χ2n) is 6.56. The molecule has 0 unspecified atom stereocenters. The molecule has 0 atom stereocenters. The maximum Gasteiger partial charge on any atom is 0.276 e. The summed E-state index contributed by atoms with van der Waals surface area (Å²) >= 11 is 0. The van der Waals surface area contributed by atoms with E-state index < -0.39 is 5.91 Å². The average Bonchev–Trinajstić information content (AvgIpc) is 3.17. The molecule has 0 aliphatic rings. The quantitative estimate of drug-likeness (QED) is 0.495. The van der Waals surface area contributed by atoms with Crippen LogP contribution in [0.15, 0.2) is 91.0 Å². The Balaban J connectivity index is 1.91. The molecular weight excluding hydrogens is 362 g/mol. The van der Waals surface area contributed by atoms with E-state index in [-0.39, 0.29) is 11.5 Å². The van der Waals surface area contributed by atoms with E-state index in [2.05, 4.69) is 10.4 Å². The van der Waals surface area contributed by atoms with Gasteiger partial charge in [0.05, 0.1) is 16.9 Å². The van der Waals surface area contributed by atoms with E-state index in [1.165, 1.54) is 6.92 Å². The van der Waals surface area contributed by atoms with E-state index >= 15 is 0 Å². The van der Waals surface area contributed by atoms with Crippen LogP contribution in [0.1, 0.15) is 27.8 Å². The number of hydrogen-bond donors (Lipinski definition) is 1. The molecule has 142 valence electrons. The molecule has 1 amide bonds. The number of para-hydroxylation sites is 2. The van der Waals surface area contributed by atoms with Gasteiger partial charge in [-0.05, 0) is 31.2 Å². The van der Waals surface area contributed by atoms with Crippen molar-refractivity contribution >= 4 is 17.4 Å². The third kappa shape index (κ3) is 3.71. The van der Waals surface area contributed by atoms with E-state index in [0.29, 0.717) is 16.9 Å². The summed E-state index contributed by atoms with van der Waals surface area (Å²) in [6, 6.07) is 28.1. The summed E-state index contributed by atoms with van der Waals surface area (Å²) in [6.07, 6.45) is 0. The van der Waals surface area contributed by atoms with Crippen molar-refractivity contribution in [1.29, 1.82) is 0 Å². The van der Waals surface area contributed by atoms with Gasteiger partial charge in [-0.15, -0.1) is 0 Å². The molecule has 5 nitrogen and oxygen atoms in total. The Hall–Kier alpha value is -3.99. The van der Waals surface area contributed by atoms with Crippen LogP contribution in [0.25, 0.3) is 16.9 Å². The fourth-order valence-electron chi connectivity index (χ4n) is 3.24. The number of Topliss-reactive ketones (excluding diaryl/α,β-unsaturated/α-hetero) is 1. The van der Waals surface area contributed by atoms with Crippen molar-refractivity contribution in [2.45, 2.75) is 6.92 Å². The van der Waals surface area contributed by atoms with Crippen LogP contribution in [0.5, 0.6) is 0 Å². The standard InChI is InChI=1S/C24H19N3O2/c1-17(28)21-22(24(29)25-19-13-7-3-8-14-19)26-27(20-15-9-4-10-16-20)23(21)18-11-5-2-6-12-18/h2-16H,1H3,(H,25,29). The Bertz CT molecular complexity index is 1150. The van der Waals surface area contributed by atoms with Crippen molar-refractivity contribution in [2.75, 3.05) is 5.32 Å². The zero-order valence-corrected chi connectivity index (χ0v) is 15.9. The van der Waals surface area contributed by atoms with Gasteiger partial charge in [0.15, 0.2) is 11.5 Å². The molecular formula is C24H19N3O2. The number of nitrogens with zero attached hydrogens (tertiary/aromatic N) is 2. The fraction of sp³-hybridized carbons (Fsp3) is 0.0417. The SMILES string of the molecule is CC(=O)c1c(C(=O)Nc2ccccc2)nn(-c2ccccc2)c1-c1ccccc1. The predicted molar refractivity (Wildman–Crippen MR) is 113 cm³/mol. The molecule has 5 heteroatoms. The molecule has 0 saturated heterocycles. The third-order valence-corrected chi connectivity index (χ3v) is 4.53. The number of amides is 1. The summed E-state index contributed by atoms with van der Waals surface area (Å²) in [6.45, 7) is 1.46. The van der Waals surface area contributed by atoms with Crippen molar-refractivity contribution in [3.63, 3.8) is 0 Å². The number of anilines is 1. The summed E-state index contributed by atoms with van der Waals surface area (Å²) in [5, 5.41) is 7.39. The highest BCUT2D eigenvalue weighted by atomic mass is 16.2. The van der Waals surface area contributed by atoms with Gasteiger partial charge in [-0.1, -0.05) is 66.7 Å². The molecule has 0 radical (unpaired) electrons. The monoisotopic (exact) mass is 381 g/mol. The molecule has 0 saturated carbocycles. The van der Waals surface area contributed by atoms with E-state index in [4.69, 9.17) is 0 Å². The number of carbonyl (C=O) groups is 2. The number of nitrogens with one attached hydrogen (secondary N) is 1. The average molecular weight is 381 g/mol. The molecule has 0 fully saturated rings. The van der Waals surface area contributed by atoms with Crippen molar-refractivity contribution in [2.24, 2.45) is 0 Å². The molecule has 1 N–H and O–H groups in total. The van der Waals surface area contributed by atoms with Gasteiger partial charge < -0.3 is 5.32 Å². The highest BCUT2D eigenvalue weighted by Crippen LogP contribution is 2.30. The maximum atomic E-state index is 13.0. The molecule has 1 aromatic heterocycles. The molecule has 0 aliphatic carbocycles. The maximum absolute atomic E-state index is 13.0. The topological polar surface area (TPSA) is 64.0 Å². The Morgan fingerprint density at radius 2 is 1.34 bits per heavy atom. The van der Waals surface area contributed by atoms with Crippen LogP contribution in [0.3, 0.4) is 0 Å². The Morgan fingerprint density at radius 1 is 0.793 bits per heavy atom. The number of aromatic nitrogens is 2. The van der Waals surface area contributed by atoms with Crippen molar-refractivity contribution in [1.82, 2.24) is 9.78 Å². The number of carbonyl (C=O) groups excluding carboxylic acids is 2. The Labute approximate surface area is 168 Å². The van der Waals surface area contributed by atoms with Crippen LogP contribution in [0.2, 0.25) is 0 Å². The lowest BCUT2D eigenvalue weighted by molar-refractivity contribution is 0.0983. The van der Waals surface area contributed by atoms with Gasteiger partial charge in [0.1, 0.15) is 0 Å². The summed E-state index contributed by atoms with van der Waals surface area (Å²) < 4.78 is 1.66. The van der Waals surface area contributed by atoms with Gasteiger partial charge in [-0.25, -0.2) is 4.68 Å². The molecule has 29 heavy (non-hydrogen) atoms. The lowest BCUT2D eigenvalue weighted by Gasteiger charge is -2.09. The van der Waals surface area contributed by atoms with Crippen molar-refractivity contribution in [3.05, 3.63) is 102 Å². The lowest BCUT2D eigenvalue weighted by atomic mass is 10.0. The molecule has 0 bridgehead atoms. The summed E-state index contributed by atoms with van der Waals surface area (Å²) in [4.78, 5) is 25.7. The summed E-state index contributed by atoms with van der Waals surface area (Å²) in [5.74, 6) is -0.641. The normalized spacial score (nSPS) is 10.5. The van der Waals surface area contributed by atoms with E-state index in [1.54, 1.807) is 16.8 Å². The zero-order chi connectivity index (χ0) is 20.2. The van der Waals surface area contributed by atoms with Crippen LogP contribution in [-0.4, -0.2) is 21.5 Å². The van der Waals surface area contributed by atoms with Gasteiger partial charge in [0.25, 0.3) is 5.91 Å². The minimum atomic E-state index is -0.423. The van der Waals surface area contributed by atoms with Gasteiger partial charge in [0.2, 0.25) is 0 Å². The molecule has 4 rings (SSSR count). The van der Waals surface area contributed by atoms with Crippen LogP contribution >= 0.6 is 0 Å². The minimum Gasteiger partial charge on any atom is -0.321 e. The van der Waals surface area contributed by atoms with Gasteiger partial charge in [0, 0.05) is 11.3 Å². The smallest absolute Gasteiger partial charge is 0.276 e. The first-order chi connectivity index (χ1) is 14.1. The van der Waals surface area contributed by atoms with Crippen LogP contribution in [0, 0.1) is 0 Å².